The lowest BCUT2D eigenvalue weighted by atomic mass is 10.1. The minimum absolute atomic E-state index is 0.0596. The van der Waals surface area contributed by atoms with E-state index in [1.807, 2.05) is 53.4 Å². The Balaban J connectivity index is 2.08. The van der Waals surface area contributed by atoms with Crippen LogP contribution in [0.25, 0.3) is 5.70 Å². The second-order valence-electron chi connectivity index (χ2n) is 4.69. The maximum absolute atomic E-state index is 9.67. The summed E-state index contributed by atoms with van der Waals surface area (Å²) in [4.78, 5) is 2.49. The van der Waals surface area contributed by atoms with Gasteiger partial charge in [0, 0.05) is 20.6 Å². The van der Waals surface area contributed by atoms with Crippen LogP contribution in [-0.2, 0) is 0 Å². The highest BCUT2D eigenvalue weighted by molar-refractivity contribution is 8.05. The number of rotatable bonds is 3. The average molecular weight is 373 g/mol. The molecule has 3 rings (SSSR count). The van der Waals surface area contributed by atoms with Gasteiger partial charge < -0.3 is 10.0 Å². The van der Waals surface area contributed by atoms with E-state index in [1.54, 1.807) is 0 Å². The first-order chi connectivity index (χ1) is 10.6. The van der Waals surface area contributed by atoms with Crippen LogP contribution < -0.4 is 4.90 Å². The van der Waals surface area contributed by atoms with Crippen LogP contribution in [0.2, 0.25) is 10.0 Å². The molecule has 1 atom stereocenters. The van der Waals surface area contributed by atoms with Crippen LogP contribution in [-0.4, -0.2) is 16.5 Å². The summed E-state index contributed by atoms with van der Waals surface area (Å²) in [6, 6.07) is 15.0. The second kappa shape index (κ2) is 6.73. The SMILES string of the molecule is OCC1=C(c2ccc(Cl)cc2)N(c2ccc(Cl)cc2)C(Cl)S1. The largest absolute Gasteiger partial charge is 0.391 e. The average Bonchev–Trinajstić information content (AvgIpc) is 2.85. The van der Waals surface area contributed by atoms with Crippen molar-refractivity contribution >= 4 is 57.9 Å². The number of alkyl halides is 1. The number of hydrogen-bond acceptors (Lipinski definition) is 3. The molecular weight excluding hydrogens is 361 g/mol. The molecule has 22 heavy (non-hydrogen) atoms. The van der Waals surface area contributed by atoms with E-state index in [4.69, 9.17) is 34.8 Å². The predicted octanol–water partition coefficient (Wildman–Crippen LogP) is 5.43. The molecule has 0 saturated carbocycles. The zero-order valence-corrected chi connectivity index (χ0v) is 14.4. The standard InChI is InChI=1S/C16H12Cl3NOS/c17-11-3-1-10(2-4-11)15-14(9-21)22-16(19)20(15)13-7-5-12(18)6-8-13/h1-8,16,21H,9H2. The van der Waals surface area contributed by atoms with E-state index in [0.29, 0.717) is 10.0 Å². The fourth-order valence-corrected chi connectivity index (χ4v) is 4.08. The Bertz CT molecular complexity index is 700. The van der Waals surface area contributed by atoms with Gasteiger partial charge in [-0.2, -0.15) is 0 Å². The normalized spacial score (nSPS) is 18.2. The van der Waals surface area contributed by atoms with Crippen LogP contribution in [0.4, 0.5) is 5.69 Å². The van der Waals surface area contributed by atoms with Crippen molar-refractivity contribution < 1.29 is 5.11 Å². The number of hydrogen-bond donors (Lipinski definition) is 1. The minimum Gasteiger partial charge on any atom is -0.391 e. The van der Waals surface area contributed by atoms with Crippen LogP contribution in [0, 0.1) is 0 Å². The zero-order chi connectivity index (χ0) is 15.7. The van der Waals surface area contributed by atoms with E-state index in [1.165, 1.54) is 11.8 Å². The molecule has 0 spiro atoms. The van der Waals surface area contributed by atoms with Crippen LogP contribution in [0.1, 0.15) is 5.56 Å². The van der Waals surface area contributed by atoms with Gasteiger partial charge in [-0.15, -0.1) is 0 Å². The predicted molar refractivity (Wildman–Crippen MR) is 96.6 cm³/mol. The lowest BCUT2D eigenvalue weighted by Crippen LogP contribution is -2.23. The van der Waals surface area contributed by atoms with Gasteiger partial charge in [0.2, 0.25) is 0 Å². The quantitative estimate of drug-likeness (QED) is 0.574. The Morgan fingerprint density at radius 3 is 2.05 bits per heavy atom. The van der Waals surface area contributed by atoms with Gasteiger partial charge in [-0.25, -0.2) is 0 Å². The van der Waals surface area contributed by atoms with Crippen LogP contribution >= 0.6 is 46.6 Å². The summed E-state index contributed by atoms with van der Waals surface area (Å²) in [6.45, 7) is -0.0596. The summed E-state index contributed by atoms with van der Waals surface area (Å²) in [5.41, 5.74) is 2.77. The number of thioether (sulfide) groups is 1. The van der Waals surface area contributed by atoms with Gasteiger partial charge in [0.1, 0.15) is 0 Å². The van der Waals surface area contributed by atoms with Gasteiger partial charge in [-0.3, -0.25) is 0 Å². The van der Waals surface area contributed by atoms with Gasteiger partial charge >= 0.3 is 0 Å². The first kappa shape index (κ1) is 16.0. The van der Waals surface area contributed by atoms with Crippen molar-refractivity contribution in [3.63, 3.8) is 0 Å². The van der Waals surface area contributed by atoms with Crippen LogP contribution in [0.3, 0.4) is 0 Å². The molecule has 114 valence electrons. The van der Waals surface area contributed by atoms with E-state index in [2.05, 4.69) is 0 Å². The van der Waals surface area contributed by atoms with Crippen molar-refractivity contribution in [2.24, 2.45) is 0 Å². The molecule has 0 radical (unpaired) electrons. The molecule has 2 aromatic carbocycles. The van der Waals surface area contributed by atoms with E-state index in [9.17, 15) is 5.11 Å². The summed E-state index contributed by atoms with van der Waals surface area (Å²) >= 11 is 19.8. The molecule has 2 aromatic rings. The lowest BCUT2D eigenvalue weighted by molar-refractivity contribution is 0.340. The lowest BCUT2D eigenvalue weighted by Gasteiger charge is -2.25. The Morgan fingerprint density at radius 2 is 1.50 bits per heavy atom. The highest BCUT2D eigenvalue weighted by atomic mass is 35.5. The summed E-state index contributed by atoms with van der Waals surface area (Å²) in [6.07, 6.45) is 0. The van der Waals surface area contributed by atoms with E-state index in [-0.39, 0.29) is 11.4 Å². The maximum Gasteiger partial charge on any atom is 0.159 e. The molecule has 0 aromatic heterocycles. The zero-order valence-electron chi connectivity index (χ0n) is 11.3. The minimum atomic E-state index is -0.325. The molecular formula is C16H12Cl3NOS. The van der Waals surface area contributed by atoms with Gasteiger partial charge in [0.25, 0.3) is 0 Å². The third-order valence-corrected chi connectivity index (χ3v) is 5.29. The third kappa shape index (κ3) is 3.10. The van der Waals surface area contributed by atoms with E-state index >= 15 is 0 Å². The second-order valence-corrected chi connectivity index (χ2v) is 7.41. The molecule has 0 saturated heterocycles. The van der Waals surface area contributed by atoms with Crippen molar-refractivity contribution in [2.75, 3.05) is 11.5 Å². The highest BCUT2D eigenvalue weighted by Crippen LogP contribution is 2.47. The number of anilines is 1. The Kier molecular flexibility index (Phi) is 4.91. The van der Waals surface area contributed by atoms with Crippen molar-refractivity contribution in [1.82, 2.24) is 0 Å². The Labute approximate surface area is 148 Å². The summed E-state index contributed by atoms with van der Waals surface area (Å²) in [7, 11) is 0. The van der Waals surface area contributed by atoms with Crippen molar-refractivity contribution in [3.8, 4) is 0 Å². The van der Waals surface area contributed by atoms with Crippen LogP contribution in [0.5, 0.6) is 0 Å². The first-order valence-electron chi connectivity index (χ1n) is 6.55. The number of benzene rings is 2. The van der Waals surface area contributed by atoms with Gasteiger partial charge in [-0.1, -0.05) is 58.7 Å². The van der Waals surface area contributed by atoms with Gasteiger partial charge in [0.05, 0.1) is 12.3 Å². The number of aliphatic hydroxyl groups excluding tert-OH is 1. The number of halogens is 3. The number of aliphatic hydroxyl groups is 1. The summed E-state index contributed by atoms with van der Waals surface area (Å²) < 4.78 is 0. The molecule has 0 fully saturated rings. The first-order valence-corrected chi connectivity index (χ1v) is 8.63. The highest BCUT2D eigenvalue weighted by Gasteiger charge is 2.32. The molecule has 1 unspecified atom stereocenters. The van der Waals surface area contributed by atoms with Gasteiger partial charge in [0.15, 0.2) is 4.83 Å². The fourth-order valence-electron chi connectivity index (χ4n) is 2.33. The summed E-state index contributed by atoms with van der Waals surface area (Å²) in [5.74, 6) is 0. The Morgan fingerprint density at radius 1 is 0.955 bits per heavy atom. The molecule has 6 heteroatoms. The molecule has 0 aliphatic carbocycles. The van der Waals surface area contributed by atoms with E-state index < -0.39 is 0 Å². The van der Waals surface area contributed by atoms with Crippen molar-refractivity contribution in [2.45, 2.75) is 4.83 Å². The van der Waals surface area contributed by atoms with Crippen molar-refractivity contribution in [3.05, 3.63) is 69.0 Å². The topological polar surface area (TPSA) is 23.5 Å². The van der Waals surface area contributed by atoms with Gasteiger partial charge in [-0.05, 0) is 42.0 Å². The molecule has 1 heterocycles. The van der Waals surface area contributed by atoms with Crippen LogP contribution in [0.15, 0.2) is 53.4 Å². The molecule has 2 nitrogen and oxygen atoms in total. The third-order valence-electron chi connectivity index (χ3n) is 3.31. The monoisotopic (exact) mass is 371 g/mol. The molecule has 1 N–H and O–H groups in total. The molecule has 1 aliphatic heterocycles. The maximum atomic E-state index is 9.67. The molecule has 0 amide bonds. The number of nitrogens with zero attached hydrogens (tertiary/aromatic N) is 1. The Hall–Kier alpha value is -0.840. The molecule has 0 bridgehead atoms. The smallest absolute Gasteiger partial charge is 0.159 e. The van der Waals surface area contributed by atoms with E-state index in [0.717, 1.165) is 21.9 Å². The van der Waals surface area contributed by atoms with Crippen molar-refractivity contribution in [1.29, 1.82) is 0 Å². The fraction of sp³-hybridized carbons (Fsp3) is 0.125. The molecule has 1 aliphatic rings. The summed E-state index contributed by atoms with van der Waals surface area (Å²) in [5, 5.41) is 11.0.